The average molecular weight is 372 g/mol. The van der Waals surface area contributed by atoms with Gasteiger partial charge in [0.2, 0.25) is 17.7 Å². The van der Waals surface area contributed by atoms with Crippen molar-refractivity contribution in [3.63, 3.8) is 0 Å². The number of fused-ring (bicyclic) bond motifs is 1. The van der Waals surface area contributed by atoms with E-state index < -0.39 is 5.79 Å². The Bertz CT molecular complexity index is 730. The van der Waals surface area contributed by atoms with Crippen LogP contribution in [-0.4, -0.2) is 91.7 Å². The summed E-state index contributed by atoms with van der Waals surface area (Å²) in [4.78, 5) is 18.5. The minimum absolute atomic E-state index is 0.680. The van der Waals surface area contributed by atoms with Gasteiger partial charge in [-0.15, -0.1) is 0 Å². The SMILES string of the molecule is CN1CCN(C)C1=Nc1cc2c(cc1N=C1N(C)CCN1C)OC(C)(C)O2. The zero-order valence-electron chi connectivity index (χ0n) is 17.0. The Labute approximate surface area is 160 Å². The van der Waals surface area contributed by atoms with Crippen LogP contribution in [0.4, 0.5) is 11.4 Å². The normalized spacial score (nSPS) is 20.8. The van der Waals surface area contributed by atoms with Gasteiger partial charge >= 0.3 is 0 Å². The lowest BCUT2D eigenvalue weighted by molar-refractivity contribution is -0.0431. The molecule has 0 aromatic heterocycles. The van der Waals surface area contributed by atoms with Gasteiger partial charge in [-0.2, -0.15) is 0 Å². The standard InChI is InChI=1S/C19H28N6O2/c1-19(2)26-15-11-13(20-17-22(3)7-8-23(17)4)14(12-16(15)27-19)21-18-24(5)9-10-25(18)6/h11-12H,7-10H2,1-6H3. The van der Waals surface area contributed by atoms with Gasteiger partial charge in [-0.1, -0.05) is 0 Å². The highest BCUT2D eigenvalue weighted by Gasteiger charge is 2.33. The van der Waals surface area contributed by atoms with Crippen molar-refractivity contribution in [3.8, 4) is 11.5 Å². The monoisotopic (exact) mass is 372 g/mol. The molecule has 2 fully saturated rings. The summed E-state index contributed by atoms with van der Waals surface area (Å²) in [5, 5.41) is 0. The first-order valence-electron chi connectivity index (χ1n) is 9.31. The van der Waals surface area contributed by atoms with Crippen LogP contribution in [0, 0.1) is 0 Å². The Morgan fingerprint density at radius 2 is 1.04 bits per heavy atom. The number of hydrogen-bond acceptors (Lipinski definition) is 4. The van der Waals surface area contributed by atoms with E-state index >= 15 is 0 Å². The topological polar surface area (TPSA) is 56.1 Å². The Morgan fingerprint density at radius 1 is 0.704 bits per heavy atom. The Kier molecular flexibility index (Phi) is 4.09. The van der Waals surface area contributed by atoms with E-state index in [2.05, 4.69) is 47.8 Å². The lowest BCUT2D eigenvalue weighted by Crippen LogP contribution is -2.29. The van der Waals surface area contributed by atoms with Crippen LogP contribution in [-0.2, 0) is 0 Å². The van der Waals surface area contributed by atoms with Gasteiger partial charge in [-0.05, 0) is 0 Å². The van der Waals surface area contributed by atoms with E-state index in [0.717, 1.165) is 49.5 Å². The summed E-state index contributed by atoms with van der Waals surface area (Å²) in [6.07, 6.45) is 0. The van der Waals surface area contributed by atoms with Gasteiger partial charge in [0.1, 0.15) is 0 Å². The van der Waals surface area contributed by atoms with Crippen molar-refractivity contribution in [1.29, 1.82) is 0 Å². The van der Waals surface area contributed by atoms with Gasteiger partial charge in [-0.25, -0.2) is 9.98 Å². The fraction of sp³-hybridized carbons (Fsp3) is 0.579. The van der Waals surface area contributed by atoms with Crippen molar-refractivity contribution >= 4 is 23.3 Å². The van der Waals surface area contributed by atoms with Gasteiger partial charge in [0, 0.05) is 80.3 Å². The molecular formula is C19H28N6O2. The van der Waals surface area contributed by atoms with Gasteiger partial charge < -0.3 is 29.1 Å². The van der Waals surface area contributed by atoms with Gasteiger partial charge in [-0.3, -0.25) is 0 Å². The highest BCUT2D eigenvalue weighted by molar-refractivity contribution is 5.90. The van der Waals surface area contributed by atoms with Crippen LogP contribution in [0.2, 0.25) is 0 Å². The van der Waals surface area contributed by atoms with Crippen LogP contribution in [0.5, 0.6) is 11.5 Å². The zero-order chi connectivity index (χ0) is 19.3. The van der Waals surface area contributed by atoms with Crippen molar-refractivity contribution in [2.45, 2.75) is 19.6 Å². The van der Waals surface area contributed by atoms with Crippen LogP contribution in [0.1, 0.15) is 13.8 Å². The largest absolute Gasteiger partial charge is 0.449 e. The molecule has 0 radical (unpaired) electrons. The summed E-state index contributed by atoms with van der Waals surface area (Å²) in [5.41, 5.74) is 1.57. The molecule has 4 rings (SSSR count). The third kappa shape index (κ3) is 3.24. The maximum Gasteiger partial charge on any atom is 0.246 e. The number of benzene rings is 1. The van der Waals surface area contributed by atoms with Crippen LogP contribution < -0.4 is 9.47 Å². The predicted molar refractivity (Wildman–Crippen MR) is 106 cm³/mol. The summed E-state index contributed by atoms with van der Waals surface area (Å²) < 4.78 is 11.9. The van der Waals surface area contributed by atoms with Crippen LogP contribution >= 0.6 is 0 Å². The minimum Gasteiger partial charge on any atom is -0.449 e. The molecular weight excluding hydrogens is 344 g/mol. The number of aliphatic imine (C=N–C) groups is 2. The van der Waals surface area contributed by atoms with Crippen molar-refractivity contribution in [1.82, 2.24) is 19.6 Å². The van der Waals surface area contributed by atoms with E-state index in [9.17, 15) is 0 Å². The van der Waals surface area contributed by atoms with E-state index in [4.69, 9.17) is 19.5 Å². The second kappa shape index (κ2) is 6.21. The Morgan fingerprint density at radius 3 is 1.37 bits per heavy atom. The molecule has 0 aliphatic carbocycles. The van der Waals surface area contributed by atoms with E-state index in [-0.39, 0.29) is 0 Å². The highest BCUT2D eigenvalue weighted by atomic mass is 16.7. The quantitative estimate of drug-likeness (QED) is 0.791. The molecule has 146 valence electrons. The molecule has 0 atom stereocenters. The van der Waals surface area contributed by atoms with E-state index in [1.807, 2.05) is 26.0 Å². The summed E-state index contributed by atoms with van der Waals surface area (Å²) in [5.74, 6) is 2.60. The molecule has 8 nitrogen and oxygen atoms in total. The molecule has 27 heavy (non-hydrogen) atoms. The molecule has 3 aliphatic rings. The van der Waals surface area contributed by atoms with Crippen molar-refractivity contribution < 1.29 is 9.47 Å². The van der Waals surface area contributed by atoms with Crippen molar-refractivity contribution in [2.24, 2.45) is 9.98 Å². The van der Waals surface area contributed by atoms with E-state index in [0.29, 0.717) is 11.5 Å². The molecule has 0 amide bonds. The third-order valence-electron chi connectivity index (χ3n) is 5.10. The molecule has 0 N–H and O–H groups in total. The van der Waals surface area contributed by atoms with Crippen LogP contribution in [0.15, 0.2) is 22.1 Å². The van der Waals surface area contributed by atoms with Gasteiger partial charge in [0.05, 0.1) is 11.4 Å². The lowest BCUT2D eigenvalue weighted by Gasteiger charge is -2.18. The third-order valence-corrected chi connectivity index (χ3v) is 5.10. The van der Waals surface area contributed by atoms with Gasteiger partial charge in [0.25, 0.3) is 0 Å². The smallest absolute Gasteiger partial charge is 0.246 e. The zero-order valence-corrected chi connectivity index (χ0v) is 17.0. The number of hydrogen-bond donors (Lipinski definition) is 0. The van der Waals surface area contributed by atoms with E-state index in [1.54, 1.807) is 0 Å². The average Bonchev–Trinajstić information content (AvgIpc) is 3.19. The summed E-state index contributed by atoms with van der Waals surface area (Å²) in [7, 11) is 8.23. The molecule has 0 saturated carbocycles. The fourth-order valence-electron chi connectivity index (χ4n) is 3.57. The number of rotatable bonds is 2. The number of likely N-dealkylation sites (N-methyl/N-ethyl adjacent to an activating group) is 4. The van der Waals surface area contributed by atoms with Crippen LogP contribution in [0.25, 0.3) is 0 Å². The summed E-state index contributed by atoms with van der Waals surface area (Å²) in [6.45, 7) is 7.65. The lowest BCUT2D eigenvalue weighted by atomic mass is 10.2. The molecule has 0 bridgehead atoms. The maximum atomic E-state index is 5.93. The molecule has 8 heteroatoms. The second-order valence-corrected chi connectivity index (χ2v) is 7.90. The van der Waals surface area contributed by atoms with Crippen molar-refractivity contribution in [3.05, 3.63) is 12.1 Å². The molecule has 3 heterocycles. The first kappa shape index (κ1) is 17.8. The number of ether oxygens (including phenoxy) is 2. The first-order chi connectivity index (χ1) is 12.7. The molecule has 1 aromatic carbocycles. The summed E-state index contributed by atoms with van der Waals surface area (Å²) in [6, 6.07) is 3.87. The molecule has 0 spiro atoms. The molecule has 3 aliphatic heterocycles. The number of guanidine groups is 2. The Balaban J connectivity index is 1.82. The minimum atomic E-state index is -0.680. The number of nitrogens with zero attached hydrogens (tertiary/aromatic N) is 6. The van der Waals surface area contributed by atoms with Crippen LogP contribution in [0.3, 0.4) is 0 Å². The van der Waals surface area contributed by atoms with Gasteiger partial charge in [0.15, 0.2) is 11.5 Å². The molecule has 1 aromatic rings. The fourth-order valence-corrected chi connectivity index (χ4v) is 3.57. The summed E-state index contributed by atoms with van der Waals surface area (Å²) >= 11 is 0. The first-order valence-corrected chi connectivity index (χ1v) is 9.31. The maximum absolute atomic E-state index is 5.93. The molecule has 0 unspecified atom stereocenters. The van der Waals surface area contributed by atoms with E-state index in [1.165, 1.54) is 0 Å². The molecule has 2 saturated heterocycles. The Hall–Kier alpha value is -2.64. The second-order valence-electron chi connectivity index (χ2n) is 7.90. The highest BCUT2D eigenvalue weighted by Crippen LogP contribution is 2.46. The van der Waals surface area contributed by atoms with Crippen molar-refractivity contribution in [2.75, 3.05) is 54.4 Å². The predicted octanol–water partition coefficient (Wildman–Crippen LogP) is 1.92.